The molecule has 1 aromatic carbocycles. The second-order valence-corrected chi connectivity index (χ2v) is 6.33. The van der Waals surface area contributed by atoms with Crippen molar-refractivity contribution in [3.63, 3.8) is 0 Å². The molecule has 1 aromatic rings. The molecule has 1 amide bonds. The molecule has 0 bridgehead atoms. The molecule has 1 aliphatic heterocycles. The summed E-state index contributed by atoms with van der Waals surface area (Å²) in [4.78, 5) is 18.3. The minimum absolute atomic E-state index is 0.0450. The standard InChI is InChI=1S/C17H27N3O2/c1-14(21)12-19-7-9-20(10-8-19)13-15-5-4-6-16(11-15)17(22)18(2)3/h4-6,11,14,21H,7-10,12-13H2,1-3H3/t14-/m0/s1. The molecule has 0 unspecified atom stereocenters. The predicted molar refractivity (Wildman–Crippen MR) is 87.9 cm³/mol. The zero-order valence-corrected chi connectivity index (χ0v) is 13.8. The van der Waals surface area contributed by atoms with E-state index >= 15 is 0 Å². The van der Waals surface area contributed by atoms with E-state index < -0.39 is 0 Å². The second kappa shape index (κ2) is 7.72. The van der Waals surface area contributed by atoms with E-state index in [1.165, 1.54) is 5.56 Å². The van der Waals surface area contributed by atoms with Gasteiger partial charge in [0.2, 0.25) is 0 Å². The number of rotatable bonds is 5. The summed E-state index contributed by atoms with van der Waals surface area (Å²) >= 11 is 0. The number of piperazine rings is 1. The van der Waals surface area contributed by atoms with Gasteiger partial charge in [0.05, 0.1) is 6.10 Å². The summed E-state index contributed by atoms with van der Waals surface area (Å²) in [5, 5.41) is 9.44. The number of benzene rings is 1. The zero-order valence-electron chi connectivity index (χ0n) is 13.8. The Bertz CT molecular complexity index is 494. The Morgan fingerprint density at radius 3 is 2.45 bits per heavy atom. The van der Waals surface area contributed by atoms with E-state index in [0.29, 0.717) is 0 Å². The quantitative estimate of drug-likeness (QED) is 0.877. The Kier molecular flexibility index (Phi) is 5.94. The zero-order chi connectivity index (χ0) is 16.1. The van der Waals surface area contributed by atoms with Crippen molar-refractivity contribution in [2.45, 2.75) is 19.6 Å². The highest BCUT2D eigenvalue weighted by Crippen LogP contribution is 2.12. The van der Waals surface area contributed by atoms with Crippen molar-refractivity contribution in [3.05, 3.63) is 35.4 Å². The van der Waals surface area contributed by atoms with Crippen LogP contribution in [0.3, 0.4) is 0 Å². The third kappa shape index (κ3) is 4.80. The van der Waals surface area contributed by atoms with E-state index in [-0.39, 0.29) is 12.0 Å². The number of β-amino-alcohol motifs (C(OH)–C–C–N with tert-alkyl or cyclic N) is 1. The van der Waals surface area contributed by atoms with Crippen LogP contribution in [0.4, 0.5) is 0 Å². The Hall–Kier alpha value is -1.43. The van der Waals surface area contributed by atoms with Crippen LogP contribution in [0, 0.1) is 0 Å². The van der Waals surface area contributed by atoms with Crippen LogP contribution in [0.1, 0.15) is 22.8 Å². The van der Waals surface area contributed by atoms with Gasteiger partial charge in [0.15, 0.2) is 0 Å². The van der Waals surface area contributed by atoms with Crippen molar-refractivity contribution in [1.82, 2.24) is 14.7 Å². The molecule has 0 radical (unpaired) electrons. The second-order valence-electron chi connectivity index (χ2n) is 6.33. The molecule has 0 aromatic heterocycles. The van der Waals surface area contributed by atoms with Gasteiger partial charge < -0.3 is 10.0 Å². The van der Waals surface area contributed by atoms with Crippen LogP contribution < -0.4 is 0 Å². The average molecular weight is 305 g/mol. The van der Waals surface area contributed by atoms with Gasteiger partial charge in [-0.3, -0.25) is 14.6 Å². The van der Waals surface area contributed by atoms with E-state index in [1.54, 1.807) is 19.0 Å². The van der Waals surface area contributed by atoms with Crippen LogP contribution in [0.25, 0.3) is 0 Å². The summed E-state index contributed by atoms with van der Waals surface area (Å²) in [5.41, 5.74) is 1.92. The maximum Gasteiger partial charge on any atom is 0.253 e. The molecular formula is C17H27N3O2. The Labute approximate surface area is 133 Å². The molecule has 1 aliphatic rings. The average Bonchev–Trinajstić information content (AvgIpc) is 2.48. The summed E-state index contributed by atoms with van der Waals surface area (Å²) in [5.74, 6) is 0.0450. The fourth-order valence-corrected chi connectivity index (χ4v) is 2.82. The van der Waals surface area contributed by atoms with Gasteiger partial charge in [-0.25, -0.2) is 0 Å². The summed E-state index contributed by atoms with van der Waals surface area (Å²) in [6.45, 7) is 7.43. The monoisotopic (exact) mass is 305 g/mol. The van der Waals surface area contributed by atoms with E-state index in [0.717, 1.165) is 44.8 Å². The van der Waals surface area contributed by atoms with Crippen LogP contribution in [-0.4, -0.2) is 78.6 Å². The van der Waals surface area contributed by atoms with Crippen LogP contribution in [0.2, 0.25) is 0 Å². The number of aliphatic hydroxyl groups excluding tert-OH is 1. The van der Waals surface area contributed by atoms with E-state index in [1.807, 2.05) is 25.1 Å². The number of amides is 1. The lowest BCUT2D eigenvalue weighted by Gasteiger charge is -2.35. The molecule has 22 heavy (non-hydrogen) atoms. The van der Waals surface area contributed by atoms with Crippen molar-refractivity contribution in [1.29, 1.82) is 0 Å². The molecule has 1 atom stereocenters. The lowest BCUT2D eigenvalue weighted by molar-refractivity contribution is 0.0780. The molecule has 2 rings (SSSR count). The third-order valence-corrected chi connectivity index (χ3v) is 3.97. The molecule has 0 spiro atoms. The molecule has 0 aliphatic carbocycles. The van der Waals surface area contributed by atoms with Gasteiger partial charge in [-0.2, -0.15) is 0 Å². The lowest BCUT2D eigenvalue weighted by Crippen LogP contribution is -2.47. The molecule has 1 N–H and O–H groups in total. The van der Waals surface area contributed by atoms with Crippen molar-refractivity contribution in [2.24, 2.45) is 0 Å². The smallest absolute Gasteiger partial charge is 0.253 e. The first kappa shape index (κ1) is 16.9. The topological polar surface area (TPSA) is 47.0 Å². The first-order valence-corrected chi connectivity index (χ1v) is 7.89. The third-order valence-electron chi connectivity index (χ3n) is 3.97. The highest BCUT2D eigenvalue weighted by molar-refractivity contribution is 5.94. The normalized spacial score (nSPS) is 18.2. The van der Waals surface area contributed by atoms with E-state index in [4.69, 9.17) is 0 Å². The van der Waals surface area contributed by atoms with Crippen molar-refractivity contribution < 1.29 is 9.90 Å². The number of carbonyl (C=O) groups is 1. The summed E-state index contributed by atoms with van der Waals surface area (Å²) < 4.78 is 0. The number of carbonyl (C=O) groups excluding carboxylic acids is 1. The van der Waals surface area contributed by atoms with Crippen LogP contribution in [0.5, 0.6) is 0 Å². The molecular weight excluding hydrogens is 278 g/mol. The molecule has 1 heterocycles. The fourth-order valence-electron chi connectivity index (χ4n) is 2.82. The van der Waals surface area contributed by atoms with Gasteiger partial charge in [0.25, 0.3) is 5.91 Å². The highest BCUT2D eigenvalue weighted by Gasteiger charge is 2.18. The minimum Gasteiger partial charge on any atom is -0.392 e. The van der Waals surface area contributed by atoms with Crippen LogP contribution >= 0.6 is 0 Å². The predicted octanol–water partition coefficient (Wildman–Crippen LogP) is 0.887. The van der Waals surface area contributed by atoms with Gasteiger partial charge in [0.1, 0.15) is 0 Å². The first-order chi connectivity index (χ1) is 10.5. The molecule has 5 heteroatoms. The van der Waals surface area contributed by atoms with Crippen LogP contribution in [-0.2, 0) is 6.54 Å². The molecule has 1 saturated heterocycles. The fraction of sp³-hybridized carbons (Fsp3) is 0.588. The number of nitrogens with zero attached hydrogens (tertiary/aromatic N) is 3. The van der Waals surface area contributed by atoms with E-state index in [9.17, 15) is 9.90 Å². The van der Waals surface area contributed by atoms with Gasteiger partial charge >= 0.3 is 0 Å². The SMILES string of the molecule is C[C@H](O)CN1CCN(Cc2cccc(C(=O)N(C)C)c2)CC1. The van der Waals surface area contributed by atoms with Crippen molar-refractivity contribution >= 4 is 5.91 Å². The summed E-state index contributed by atoms with van der Waals surface area (Å²) in [6, 6.07) is 7.89. The Morgan fingerprint density at radius 2 is 1.86 bits per heavy atom. The number of aliphatic hydroxyl groups is 1. The highest BCUT2D eigenvalue weighted by atomic mass is 16.3. The largest absolute Gasteiger partial charge is 0.392 e. The number of hydrogen-bond acceptors (Lipinski definition) is 4. The van der Waals surface area contributed by atoms with Gasteiger partial charge in [-0.05, 0) is 24.6 Å². The molecule has 122 valence electrons. The lowest BCUT2D eigenvalue weighted by atomic mass is 10.1. The number of hydrogen-bond donors (Lipinski definition) is 1. The van der Waals surface area contributed by atoms with E-state index in [2.05, 4.69) is 15.9 Å². The minimum atomic E-state index is -0.264. The summed E-state index contributed by atoms with van der Waals surface area (Å²) in [6.07, 6.45) is -0.264. The Morgan fingerprint density at radius 1 is 1.23 bits per heavy atom. The molecule has 0 saturated carbocycles. The van der Waals surface area contributed by atoms with Gasteiger partial charge in [-0.15, -0.1) is 0 Å². The van der Waals surface area contributed by atoms with Crippen molar-refractivity contribution in [3.8, 4) is 0 Å². The van der Waals surface area contributed by atoms with Gasteiger partial charge in [0, 0.05) is 58.9 Å². The maximum absolute atomic E-state index is 12.0. The Balaban J connectivity index is 1.90. The molecule has 1 fully saturated rings. The summed E-state index contributed by atoms with van der Waals surface area (Å²) in [7, 11) is 3.55. The maximum atomic E-state index is 12.0. The first-order valence-electron chi connectivity index (χ1n) is 7.89. The van der Waals surface area contributed by atoms with Crippen LogP contribution in [0.15, 0.2) is 24.3 Å². The van der Waals surface area contributed by atoms with Gasteiger partial charge in [-0.1, -0.05) is 12.1 Å². The molecule has 5 nitrogen and oxygen atoms in total. The van der Waals surface area contributed by atoms with Crippen molar-refractivity contribution in [2.75, 3.05) is 46.8 Å².